The van der Waals surface area contributed by atoms with Gasteiger partial charge in [0.1, 0.15) is 11.5 Å². The topological polar surface area (TPSA) is 17.8 Å². The van der Waals surface area contributed by atoms with Crippen LogP contribution in [0.5, 0.6) is 0 Å². The van der Waals surface area contributed by atoms with Crippen molar-refractivity contribution in [1.29, 1.82) is 0 Å². The summed E-state index contributed by atoms with van der Waals surface area (Å²) in [4.78, 5) is 0. The van der Waals surface area contributed by atoms with E-state index in [1.165, 1.54) is 12.1 Å². The lowest BCUT2D eigenvalue weighted by Crippen LogP contribution is -1.83. The maximum absolute atomic E-state index is 12.7. The molecule has 2 aromatic rings. The van der Waals surface area contributed by atoms with Gasteiger partial charge < -0.3 is 0 Å². The lowest BCUT2D eigenvalue weighted by atomic mass is 10.1. The van der Waals surface area contributed by atoms with E-state index in [2.05, 4.69) is 43.1 Å². The third kappa shape index (κ3) is 4.00. The fourth-order valence-electron chi connectivity index (χ4n) is 1.20. The van der Waals surface area contributed by atoms with Crippen LogP contribution in [0.4, 0.5) is 4.39 Å². The molecular formula is C11H12BrFIN2P. The van der Waals surface area contributed by atoms with Crippen LogP contribution < -0.4 is 0 Å². The van der Waals surface area contributed by atoms with Crippen molar-refractivity contribution in [2.45, 2.75) is 13.8 Å². The van der Waals surface area contributed by atoms with E-state index < -0.39 is 0 Å². The van der Waals surface area contributed by atoms with Gasteiger partial charge in [-0.15, -0.1) is 0 Å². The largest absolute Gasteiger partial charge is 0.244 e. The van der Waals surface area contributed by atoms with Crippen molar-refractivity contribution in [2.75, 3.05) is 0 Å². The molecule has 0 spiro atoms. The zero-order valence-corrected chi connectivity index (χ0v) is 14.2. The van der Waals surface area contributed by atoms with Gasteiger partial charge in [-0.2, -0.15) is 5.10 Å². The van der Waals surface area contributed by atoms with Gasteiger partial charge in [-0.25, -0.2) is 8.84 Å². The lowest BCUT2D eigenvalue weighted by molar-refractivity contribution is 0.628. The number of nitrogens with zero attached hydrogens (tertiary/aromatic N) is 2. The molecule has 6 heteroatoms. The van der Waals surface area contributed by atoms with Gasteiger partial charge >= 0.3 is 0 Å². The number of hydrogen-bond donors (Lipinski definition) is 0. The Morgan fingerprint density at radius 3 is 2.35 bits per heavy atom. The zero-order valence-electron chi connectivity index (χ0n) is 9.42. The Balaban J connectivity index is 0.000000686. The molecule has 1 aromatic heterocycles. The second kappa shape index (κ2) is 7.44. The molecule has 0 N–H and O–H groups in total. The van der Waals surface area contributed by atoms with Crippen LogP contribution in [0.25, 0.3) is 11.3 Å². The van der Waals surface area contributed by atoms with Crippen molar-refractivity contribution >= 4 is 44.3 Å². The molecular weight excluding hydrogens is 417 g/mol. The van der Waals surface area contributed by atoms with Crippen LogP contribution in [0.2, 0.25) is 0 Å². The van der Waals surface area contributed by atoms with Crippen LogP contribution >= 0.6 is 44.3 Å². The summed E-state index contributed by atoms with van der Waals surface area (Å²) in [7, 11) is 0. The summed E-state index contributed by atoms with van der Waals surface area (Å²) in [5.74, 6) is -0.231. The summed E-state index contributed by atoms with van der Waals surface area (Å²) in [5.41, 5.74) is 1.76. The third-order valence-electron chi connectivity index (χ3n) is 1.87. The number of benzene rings is 1. The van der Waals surface area contributed by atoms with E-state index in [0.717, 1.165) is 15.7 Å². The molecule has 2 nitrogen and oxygen atoms in total. The number of halogens is 3. The Kier molecular flexibility index (Phi) is 6.59. The highest BCUT2D eigenvalue weighted by molar-refractivity contribution is 14.2. The summed E-state index contributed by atoms with van der Waals surface area (Å²) in [5, 5.41) is 4.38. The molecule has 1 heterocycles. The van der Waals surface area contributed by atoms with Crippen LogP contribution in [0, 0.1) is 5.82 Å². The van der Waals surface area contributed by atoms with Gasteiger partial charge in [0.2, 0.25) is 0 Å². The van der Waals surface area contributed by atoms with Crippen LogP contribution in [0.15, 0.2) is 34.9 Å². The predicted octanol–water partition coefficient (Wildman–Crippen LogP) is 5.27. The number of hydrogen-bond acceptors (Lipinski definition) is 1. The van der Waals surface area contributed by atoms with Gasteiger partial charge in [0.15, 0.2) is 0 Å². The quantitative estimate of drug-likeness (QED) is 0.470. The van der Waals surface area contributed by atoms with Crippen LogP contribution in [-0.4, -0.2) is 9.55 Å². The highest BCUT2D eigenvalue weighted by Crippen LogP contribution is 2.31. The zero-order chi connectivity index (χ0) is 12.8. The molecule has 1 unspecified atom stereocenters. The first kappa shape index (κ1) is 15.1. The summed E-state index contributed by atoms with van der Waals surface area (Å²) in [6, 6.07) is 6.33. The Morgan fingerprint density at radius 2 is 1.88 bits per heavy atom. The average Bonchev–Trinajstić information content (AvgIpc) is 2.74. The van der Waals surface area contributed by atoms with E-state index in [1.54, 1.807) is 12.1 Å². The van der Waals surface area contributed by atoms with Crippen LogP contribution in [0.1, 0.15) is 13.8 Å². The molecule has 0 aliphatic rings. The van der Waals surface area contributed by atoms with Gasteiger partial charge in [0.25, 0.3) is 0 Å². The highest BCUT2D eigenvalue weighted by Gasteiger charge is 2.08. The molecule has 0 aliphatic carbocycles. The van der Waals surface area contributed by atoms with E-state index in [4.69, 9.17) is 0 Å². The third-order valence-corrected chi connectivity index (χ3v) is 4.34. The molecule has 2 rings (SSSR count). The maximum Gasteiger partial charge on any atom is 0.123 e. The first-order valence-electron chi connectivity index (χ1n) is 5.08. The second-order valence-electron chi connectivity index (χ2n) is 2.86. The SMILES string of the molecule is CC.Fc1ccc(-c2nn(PI)cc2Br)cc1. The Morgan fingerprint density at radius 1 is 1.29 bits per heavy atom. The van der Waals surface area contributed by atoms with Crippen molar-refractivity contribution in [2.24, 2.45) is 0 Å². The minimum absolute atomic E-state index is 0.231. The minimum Gasteiger partial charge on any atom is -0.244 e. The summed E-state index contributed by atoms with van der Waals surface area (Å²) in [6.45, 7) is 4.00. The van der Waals surface area contributed by atoms with Crippen molar-refractivity contribution in [3.8, 4) is 11.3 Å². The van der Waals surface area contributed by atoms with Gasteiger partial charge in [-0.1, -0.05) is 13.8 Å². The van der Waals surface area contributed by atoms with Crippen molar-refractivity contribution in [3.05, 3.63) is 40.8 Å². The van der Waals surface area contributed by atoms with E-state index in [-0.39, 0.29) is 5.82 Å². The molecule has 1 atom stereocenters. The fraction of sp³-hybridized carbons (Fsp3) is 0.182. The molecule has 0 bridgehead atoms. The van der Waals surface area contributed by atoms with Gasteiger partial charge in [0, 0.05) is 11.8 Å². The average molecular weight is 429 g/mol. The standard InChI is InChI=1S/C9H6BrFIN2P.C2H6/c10-8-5-14(15-12)13-9(8)6-1-3-7(11)4-2-6;1-2/h1-5,15H;1-2H3. The van der Waals surface area contributed by atoms with E-state index in [9.17, 15) is 4.39 Å². The minimum atomic E-state index is -0.231. The molecule has 0 aliphatic heterocycles. The number of rotatable bonds is 2. The Bertz CT molecular complexity index is 473. The van der Waals surface area contributed by atoms with Crippen molar-refractivity contribution in [1.82, 2.24) is 9.55 Å². The molecule has 0 radical (unpaired) electrons. The monoisotopic (exact) mass is 428 g/mol. The molecule has 92 valence electrons. The van der Waals surface area contributed by atoms with Crippen LogP contribution in [0.3, 0.4) is 0 Å². The highest BCUT2D eigenvalue weighted by atomic mass is 127. The molecule has 0 fully saturated rings. The molecule has 1 aromatic carbocycles. The summed E-state index contributed by atoms with van der Waals surface area (Å²) < 4.78 is 15.5. The Labute approximate surface area is 123 Å². The molecule has 0 saturated heterocycles. The van der Waals surface area contributed by atoms with Gasteiger partial charge in [0.05, 0.1) is 10.8 Å². The summed E-state index contributed by atoms with van der Waals surface area (Å²) in [6.07, 6.45) is 2.48. The van der Waals surface area contributed by atoms with Gasteiger partial charge in [-0.05, 0) is 62.2 Å². The normalized spacial score (nSPS) is 10.4. The molecule has 17 heavy (non-hydrogen) atoms. The van der Waals surface area contributed by atoms with Crippen molar-refractivity contribution in [3.63, 3.8) is 0 Å². The fourth-order valence-corrected chi connectivity index (χ4v) is 2.95. The lowest BCUT2D eigenvalue weighted by Gasteiger charge is -1.97. The molecule has 0 saturated carbocycles. The van der Waals surface area contributed by atoms with Gasteiger partial charge in [-0.3, -0.25) is 0 Å². The number of aromatic nitrogens is 2. The smallest absolute Gasteiger partial charge is 0.123 e. The van der Waals surface area contributed by atoms with E-state index in [1.807, 2.05) is 24.5 Å². The van der Waals surface area contributed by atoms with E-state index >= 15 is 0 Å². The molecule has 0 amide bonds. The maximum atomic E-state index is 12.7. The van der Waals surface area contributed by atoms with Crippen LogP contribution in [-0.2, 0) is 0 Å². The first-order valence-corrected chi connectivity index (χ1v) is 9.94. The predicted molar refractivity (Wildman–Crippen MR) is 84.4 cm³/mol. The second-order valence-corrected chi connectivity index (χ2v) is 5.79. The first-order chi connectivity index (χ1) is 8.20. The summed E-state index contributed by atoms with van der Waals surface area (Å²) >= 11 is 5.69. The van der Waals surface area contributed by atoms with E-state index in [0.29, 0.717) is 6.37 Å². The Hall–Kier alpha value is -0.000000000000000222. The van der Waals surface area contributed by atoms with Crippen molar-refractivity contribution < 1.29 is 4.39 Å².